The summed E-state index contributed by atoms with van der Waals surface area (Å²) in [6.45, 7) is 0.971. The molecule has 0 radical (unpaired) electrons. The van der Waals surface area contributed by atoms with Crippen molar-refractivity contribution in [3.05, 3.63) is 48.3 Å². The van der Waals surface area contributed by atoms with Crippen molar-refractivity contribution < 1.29 is 47.5 Å². The predicted octanol–water partition coefficient (Wildman–Crippen LogP) is -2.65. The van der Waals surface area contributed by atoms with Gasteiger partial charge in [0.05, 0.1) is 12.5 Å². The van der Waals surface area contributed by atoms with E-state index in [9.17, 15) is 13.2 Å². The number of piperidine rings is 1. The molecule has 0 atom stereocenters. The molecule has 0 saturated carbocycles. The van der Waals surface area contributed by atoms with Crippen LogP contribution >= 0.6 is 0 Å². The molecule has 0 aliphatic carbocycles. The Balaban J connectivity index is 0.00000280. The molecule has 0 spiro atoms. The minimum Gasteiger partial charge on any atom is -0.497 e. The molecule has 1 aromatic carbocycles. The fraction of sp³-hybridized carbons (Fsp3) is 0.353. The molecule has 1 amide bonds. The standard InChI is InChI=1S/C17H21N5O4S.Na/c1-26-14-5-2-4-13(12-14)17(15(23)21-27(18,24)25)6-10-22(11-7-17)16-19-8-3-9-20-16;/h2-5,8-9,12H,6-7,10-11H2,1H3,(H,21,23)(H2,18,24,25);/q;+1. The van der Waals surface area contributed by atoms with Gasteiger partial charge in [0.25, 0.3) is 10.2 Å². The first-order valence-electron chi connectivity index (χ1n) is 8.35. The third-order valence-electron chi connectivity index (χ3n) is 4.74. The van der Waals surface area contributed by atoms with Gasteiger partial charge >= 0.3 is 29.6 Å². The second-order valence-corrected chi connectivity index (χ2v) is 7.62. The topological polar surface area (TPSA) is 128 Å². The largest absolute Gasteiger partial charge is 1.00 e. The number of benzene rings is 1. The molecule has 1 aliphatic rings. The number of anilines is 1. The van der Waals surface area contributed by atoms with E-state index in [1.54, 1.807) is 42.7 Å². The molecule has 0 bridgehead atoms. The minimum absolute atomic E-state index is 0. The van der Waals surface area contributed by atoms with Crippen LogP contribution in [-0.2, 0) is 20.4 Å². The second-order valence-electron chi connectivity index (χ2n) is 6.33. The van der Waals surface area contributed by atoms with Gasteiger partial charge in [0.15, 0.2) is 0 Å². The van der Waals surface area contributed by atoms with Gasteiger partial charge in [0, 0.05) is 25.5 Å². The molecule has 9 nitrogen and oxygen atoms in total. The molecule has 3 rings (SSSR count). The smallest absolute Gasteiger partial charge is 0.497 e. The number of nitrogens with one attached hydrogen (secondary N) is 1. The maximum Gasteiger partial charge on any atom is 1.00 e. The van der Waals surface area contributed by atoms with Gasteiger partial charge in [-0.25, -0.2) is 19.8 Å². The molecule has 1 aliphatic heterocycles. The van der Waals surface area contributed by atoms with E-state index in [4.69, 9.17) is 9.88 Å². The van der Waals surface area contributed by atoms with Gasteiger partial charge in [-0.2, -0.15) is 8.42 Å². The summed E-state index contributed by atoms with van der Waals surface area (Å²) in [5, 5.41) is 5.04. The number of carbonyl (C=O) groups is 1. The number of hydrogen-bond donors (Lipinski definition) is 2. The number of carbonyl (C=O) groups excluding carboxylic acids is 1. The fourth-order valence-corrected chi connectivity index (χ4v) is 3.79. The monoisotopic (exact) mass is 414 g/mol. The van der Waals surface area contributed by atoms with E-state index >= 15 is 0 Å². The normalized spacial score (nSPS) is 16.0. The van der Waals surface area contributed by atoms with Crippen molar-refractivity contribution >= 4 is 22.1 Å². The Morgan fingerprint density at radius 1 is 1.21 bits per heavy atom. The molecule has 0 unspecified atom stereocenters. The Hall–Kier alpha value is -1.72. The van der Waals surface area contributed by atoms with Crippen molar-refractivity contribution in [3.8, 4) is 5.75 Å². The quantitative estimate of drug-likeness (QED) is 0.512. The van der Waals surface area contributed by atoms with Crippen LogP contribution in [0.3, 0.4) is 0 Å². The number of amides is 1. The van der Waals surface area contributed by atoms with Gasteiger partial charge < -0.3 is 9.64 Å². The first kappa shape index (κ1) is 22.6. The summed E-state index contributed by atoms with van der Waals surface area (Å²) in [5.41, 5.74) is -0.372. The Morgan fingerprint density at radius 2 is 1.86 bits per heavy atom. The van der Waals surface area contributed by atoms with Crippen LogP contribution in [0.1, 0.15) is 18.4 Å². The number of hydrogen-bond acceptors (Lipinski definition) is 7. The van der Waals surface area contributed by atoms with Crippen molar-refractivity contribution in [2.24, 2.45) is 5.14 Å². The minimum atomic E-state index is -4.17. The third kappa shape index (κ3) is 5.00. The Kier molecular flexibility index (Phi) is 7.40. The summed E-state index contributed by atoms with van der Waals surface area (Å²) in [6.07, 6.45) is 4.06. The van der Waals surface area contributed by atoms with Crippen LogP contribution in [0.5, 0.6) is 5.75 Å². The molecule has 1 saturated heterocycles. The summed E-state index contributed by atoms with van der Waals surface area (Å²) >= 11 is 0. The van der Waals surface area contributed by atoms with Crippen LogP contribution in [-0.4, -0.2) is 44.5 Å². The van der Waals surface area contributed by atoms with Gasteiger partial charge in [-0.15, -0.1) is 0 Å². The molecule has 144 valence electrons. The van der Waals surface area contributed by atoms with Crippen LogP contribution < -0.4 is 49.1 Å². The van der Waals surface area contributed by atoms with Gasteiger partial charge in [0.2, 0.25) is 11.9 Å². The molecular formula is C17H21N5NaO4S+. The molecule has 11 heteroatoms. The molecule has 1 fully saturated rings. The number of aromatic nitrogens is 2. The Morgan fingerprint density at radius 3 is 2.43 bits per heavy atom. The number of methoxy groups -OCH3 is 1. The van der Waals surface area contributed by atoms with Crippen LogP contribution in [0.25, 0.3) is 0 Å². The van der Waals surface area contributed by atoms with E-state index in [0.717, 1.165) is 0 Å². The maximum absolute atomic E-state index is 12.9. The van der Waals surface area contributed by atoms with Gasteiger partial charge in [0.1, 0.15) is 5.75 Å². The summed E-state index contributed by atoms with van der Waals surface area (Å²) in [4.78, 5) is 23.3. The summed E-state index contributed by atoms with van der Waals surface area (Å²) in [6, 6.07) is 8.80. The van der Waals surface area contributed by atoms with Crippen molar-refractivity contribution in [2.45, 2.75) is 18.3 Å². The molecule has 28 heavy (non-hydrogen) atoms. The molecule has 2 heterocycles. The fourth-order valence-electron chi connectivity index (χ4n) is 3.34. The molecular weight excluding hydrogens is 393 g/mol. The van der Waals surface area contributed by atoms with Gasteiger partial charge in [-0.1, -0.05) is 12.1 Å². The van der Waals surface area contributed by atoms with Crippen LogP contribution in [0, 0.1) is 0 Å². The second kappa shape index (κ2) is 9.19. The number of nitrogens with zero attached hydrogens (tertiary/aromatic N) is 3. The van der Waals surface area contributed by atoms with E-state index in [-0.39, 0.29) is 29.6 Å². The van der Waals surface area contributed by atoms with E-state index in [2.05, 4.69) is 9.97 Å². The zero-order valence-electron chi connectivity index (χ0n) is 15.8. The van der Waals surface area contributed by atoms with E-state index in [1.807, 2.05) is 9.62 Å². The molecule has 1 aromatic heterocycles. The maximum atomic E-state index is 12.9. The number of ether oxygens (including phenoxy) is 1. The SMILES string of the molecule is COc1cccc(C2(C(=O)NS(N)(=O)=O)CCN(c3ncccn3)CC2)c1.[Na+]. The average Bonchev–Trinajstić information content (AvgIpc) is 2.67. The van der Waals surface area contributed by atoms with Gasteiger partial charge in [-0.05, 0) is 36.6 Å². The summed E-state index contributed by atoms with van der Waals surface area (Å²) in [5.74, 6) is 0.514. The van der Waals surface area contributed by atoms with Crippen LogP contribution in [0.4, 0.5) is 5.95 Å². The van der Waals surface area contributed by atoms with E-state index in [0.29, 0.717) is 43.2 Å². The zero-order valence-corrected chi connectivity index (χ0v) is 18.6. The Bertz CT molecular complexity index is 918. The van der Waals surface area contributed by atoms with Crippen LogP contribution in [0.15, 0.2) is 42.7 Å². The number of rotatable bonds is 5. The Labute approximate surface area is 186 Å². The summed E-state index contributed by atoms with van der Waals surface area (Å²) in [7, 11) is -2.64. The molecule has 3 N–H and O–H groups in total. The van der Waals surface area contributed by atoms with E-state index < -0.39 is 21.5 Å². The summed E-state index contributed by atoms with van der Waals surface area (Å²) < 4.78 is 30.1. The predicted molar refractivity (Wildman–Crippen MR) is 99.4 cm³/mol. The first-order chi connectivity index (χ1) is 12.8. The number of nitrogens with two attached hydrogens (primary N) is 1. The zero-order chi connectivity index (χ0) is 19.5. The first-order valence-corrected chi connectivity index (χ1v) is 9.90. The third-order valence-corrected chi connectivity index (χ3v) is 5.21. The van der Waals surface area contributed by atoms with E-state index in [1.165, 1.54) is 7.11 Å². The van der Waals surface area contributed by atoms with Crippen molar-refractivity contribution in [1.29, 1.82) is 0 Å². The van der Waals surface area contributed by atoms with Crippen LogP contribution in [0.2, 0.25) is 0 Å². The average molecular weight is 414 g/mol. The van der Waals surface area contributed by atoms with Crippen molar-refractivity contribution in [2.75, 3.05) is 25.1 Å². The molecule has 2 aromatic rings. The van der Waals surface area contributed by atoms with Crippen molar-refractivity contribution in [3.63, 3.8) is 0 Å². The van der Waals surface area contributed by atoms with Gasteiger partial charge in [-0.3, -0.25) is 4.79 Å². The van der Waals surface area contributed by atoms with Crippen molar-refractivity contribution in [1.82, 2.24) is 14.7 Å².